The van der Waals surface area contributed by atoms with Gasteiger partial charge >= 0.3 is 0 Å². The fourth-order valence-electron chi connectivity index (χ4n) is 2.73. The average Bonchev–Trinajstić information content (AvgIpc) is 2.45. The Labute approximate surface area is 128 Å². The van der Waals surface area contributed by atoms with E-state index in [9.17, 15) is 9.59 Å². The Bertz CT molecular complexity index is 576. The highest BCUT2D eigenvalue weighted by Gasteiger charge is 2.28. The first kappa shape index (κ1) is 15.4. The maximum absolute atomic E-state index is 11.8. The van der Waals surface area contributed by atoms with Gasteiger partial charge in [-0.2, -0.15) is 0 Å². The molecule has 0 saturated carbocycles. The summed E-state index contributed by atoms with van der Waals surface area (Å²) in [4.78, 5) is 25.4. The third-order valence-corrected chi connectivity index (χ3v) is 3.99. The van der Waals surface area contributed by atoms with Gasteiger partial charge in [-0.1, -0.05) is 11.6 Å². The second-order valence-electron chi connectivity index (χ2n) is 5.16. The molecule has 0 radical (unpaired) electrons. The van der Waals surface area contributed by atoms with Gasteiger partial charge in [-0.15, -0.1) is 0 Å². The second-order valence-corrected chi connectivity index (χ2v) is 5.57. The van der Waals surface area contributed by atoms with Crippen LogP contribution in [0.4, 0.5) is 11.4 Å². The number of primary amides is 1. The average molecular weight is 311 g/mol. The molecule has 2 rings (SSSR count). The van der Waals surface area contributed by atoms with Crippen LogP contribution in [0.25, 0.3) is 0 Å². The molecule has 5 N–H and O–H groups in total. The number of nitrogens with one attached hydrogen (secondary N) is 1. The predicted octanol–water partition coefficient (Wildman–Crippen LogP) is 0.984. The lowest BCUT2D eigenvalue weighted by Crippen LogP contribution is -2.43. The zero-order valence-electron chi connectivity index (χ0n) is 11.9. The molecule has 21 heavy (non-hydrogen) atoms. The van der Waals surface area contributed by atoms with Crippen LogP contribution in [0.15, 0.2) is 12.1 Å². The van der Waals surface area contributed by atoms with Crippen LogP contribution in [-0.4, -0.2) is 32.0 Å². The van der Waals surface area contributed by atoms with Crippen LogP contribution < -0.4 is 21.7 Å². The van der Waals surface area contributed by atoms with Crippen LogP contribution in [0.2, 0.25) is 5.02 Å². The summed E-state index contributed by atoms with van der Waals surface area (Å²) in [6.45, 7) is 1.22. The number of carbonyl (C=O) groups excluding carboxylic acids is 2. The van der Waals surface area contributed by atoms with E-state index in [-0.39, 0.29) is 17.4 Å². The molecular weight excluding hydrogens is 292 g/mol. The number of nitrogen functional groups attached to an aromatic ring is 1. The smallest absolute Gasteiger partial charge is 0.250 e. The van der Waals surface area contributed by atoms with Gasteiger partial charge in [-0.3, -0.25) is 9.59 Å². The van der Waals surface area contributed by atoms with Gasteiger partial charge < -0.3 is 21.7 Å². The van der Waals surface area contributed by atoms with E-state index in [2.05, 4.69) is 5.32 Å². The molecule has 0 spiro atoms. The van der Waals surface area contributed by atoms with Crippen molar-refractivity contribution in [3.8, 4) is 0 Å². The van der Waals surface area contributed by atoms with Crippen LogP contribution in [0.3, 0.4) is 0 Å². The summed E-state index contributed by atoms with van der Waals surface area (Å²) in [6.07, 6.45) is 1.66. The molecule has 1 aliphatic heterocycles. The molecule has 0 aliphatic carbocycles. The number of nitrogens with two attached hydrogens (primary N) is 2. The minimum atomic E-state index is -0.582. The van der Waals surface area contributed by atoms with Crippen molar-refractivity contribution in [2.24, 2.45) is 11.7 Å². The van der Waals surface area contributed by atoms with Gasteiger partial charge in [0.15, 0.2) is 0 Å². The Kier molecular flexibility index (Phi) is 4.57. The quantitative estimate of drug-likeness (QED) is 0.724. The fourth-order valence-corrected chi connectivity index (χ4v) is 3.07. The minimum Gasteiger partial charge on any atom is -0.399 e. The summed E-state index contributed by atoms with van der Waals surface area (Å²) in [5.41, 5.74) is 12.4. The van der Waals surface area contributed by atoms with Gasteiger partial charge in [0.1, 0.15) is 0 Å². The van der Waals surface area contributed by atoms with Gasteiger partial charge in [-0.05, 0) is 25.0 Å². The zero-order chi connectivity index (χ0) is 15.6. The third kappa shape index (κ3) is 3.21. The molecule has 0 bridgehead atoms. The van der Waals surface area contributed by atoms with Crippen LogP contribution in [-0.2, 0) is 4.79 Å². The Morgan fingerprint density at radius 3 is 2.76 bits per heavy atom. The normalized spacial score (nSPS) is 18.4. The van der Waals surface area contributed by atoms with Gasteiger partial charge in [0.2, 0.25) is 5.91 Å². The highest BCUT2D eigenvalue weighted by molar-refractivity contribution is 6.34. The monoisotopic (exact) mass is 310 g/mol. The Hall–Kier alpha value is -1.95. The summed E-state index contributed by atoms with van der Waals surface area (Å²) in [6, 6.07) is 3.11. The lowest BCUT2D eigenvalue weighted by atomic mass is 9.96. The summed E-state index contributed by atoms with van der Waals surface area (Å²) in [7, 11) is 1.62. The number of anilines is 2. The van der Waals surface area contributed by atoms with E-state index < -0.39 is 5.91 Å². The van der Waals surface area contributed by atoms with Crippen molar-refractivity contribution in [2.75, 3.05) is 30.8 Å². The van der Waals surface area contributed by atoms with Crippen LogP contribution in [0, 0.1) is 5.92 Å². The summed E-state index contributed by atoms with van der Waals surface area (Å²) < 4.78 is 0. The number of piperidine rings is 1. The van der Waals surface area contributed by atoms with E-state index in [0.717, 1.165) is 19.4 Å². The number of hydrogen-bond donors (Lipinski definition) is 3. The molecule has 1 unspecified atom stereocenters. The third-order valence-electron chi connectivity index (χ3n) is 3.71. The van der Waals surface area contributed by atoms with Gasteiger partial charge in [0.25, 0.3) is 5.91 Å². The highest BCUT2D eigenvalue weighted by atomic mass is 35.5. The Balaban J connectivity index is 2.37. The lowest BCUT2D eigenvalue weighted by Gasteiger charge is -2.35. The molecule has 6 nitrogen and oxygen atoms in total. The maximum Gasteiger partial charge on any atom is 0.250 e. The molecule has 1 fully saturated rings. The molecule has 1 heterocycles. The predicted molar refractivity (Wildman–Crippen MR) is 83.4 cm³/mol. The topological polar surface area (TPSA) is 101 Å². The number of halogens is 1. The van der Waals surface area contributed by atoms with Gasteiger partial charge in [0.05, 0.1) is 22.2 Å². The van der Waals surface area contributed by atoms with Crippen molar-refractivity contribution in [3.05, 3.63) is 22.7 Å². The Morgan fingerprint density at radius 1 is 1.43 bits per heavy atom. The minimum absolute atomic E-state index is 0.00751. The number of nitrogens with zero attached hydrogens (tertiary/aromatic N) is 1. The maximum atomic E-state index is 11.8. The highest BCUT2D eigenvalue weighted by Crippen LogP contribution is 2.35. The molecular formula is C14H19ClN4O2. The molecule has 114 valence electrons. The number of carbonyl (C=O) groups is 2. The van der Waals surface area contributed by atoms with Crippen molar-refractivity contribution in [3.63, 3.8) is 0 Å². The fraction of sp³-hybridized carbons (Fsp3) is 0.429. The van der Waals surface area contributed by atoms with Gasteiger partial charge in [0, 0.05) is 25.8 Å². The number of rotatable bonds is 3. The van der Waals surface area contributed by atoms with Gasteiger partial charge in [-0.25, -0.2) is 0 Å². The lowest BCUT2D eigenvalue weighted by molar-refractivity contribution is -0.124. The van der Waals surface area contributed by atoms with Crippen LogP contribution in [0.1, 0.15) is 23.2 Å². The van der Waals surface area contributed by atoms with Crippen molar-refractivity contribution >= 4 is 34.8 Å². The molecule has 0 aromatic heterocycles. The van der Waals surface area contributed by atoms with Crippen molar-refractivity contribution in [1.29, 1.82) is 0 Å². The van der Waals surface area contributed by atoms with E-state index >= 15 is 0 Å². The van der Waals surface area contributed by atoms with Crippen LogP contribution in [0.5, 0.6) is 0 Å². The molecule has 1 saturated heterocycles. The first-order chi connectivity index (χ1) is 9.93. The summed E-state index contributed by atoms with van der Waals surface area (Å²) >= 11 is 6.24. The molecule has 1 aromatic rings. The zero-order valence-corrected chi connectivity index (χ0v) is 12.6. The number of hydrogen-bond acceptors (Lipinski definition) is 4. The molecule has 1 aromatic carbocycles. The van der Waals surface area contributed by atoms with E-state index in [1.807, 2.05) is 4.90 Å². The number of benzene rings is 1. The van der Waals surface area contributed by atoms with E-state index in [0.29, 0.717) is 22.9 Å². The number of amides is 2. The van der Waals surface area contributed by atoms with Crippen LogP contribution >= 0.6 is 11.6 Å². The molecule has 1 atom stereocenters. The SMILES string of the molecule is CNC(=O)C1CCCN(c2c(Cl)cc(N)cc2C(N)=O)C1. The molecule has 2 amide bonds. The van der Waals surface area contributed by atoms with Crippen molar-refractivity contribution < 1.29 is 9.59 Å². The first-order valence-electron chi connectivity index (χ1n) is 6.79. The van der Waals surface area contributed by atoms with Crippen molar-refractivity contribution in [1.82, 2.24) is 5.32 Å². The largest absolute Gasteiger partial charge is 0.399 e. The molecule has 1 aliphatic rings. The second kappa shape index (κ2) is 6.22. The van der Waals surface area contributed by atoms with Crippen molar-refractivity contribution in [2.45, 2.75) is 12.8 Å². The summed E-state index contributed by atoms with van der Waals surface area (Å²) in [5.74, 6) is -0.716. The standard InChI is InChI=1S/C14H19ClN4O2/c1-18-14(21)8-3-2-4-19(7-8)12-10(13(17)20)5-9(16)6-11(12)15/h5-6,8H,2-4,7,16H2,1H3,(H2,17,20)(H,18,21). The van der Waals surface area contributed by atoms with E-state index in [1.54, 1.807) is 13.1 Å². The summed E-state index contributed by atoms with van der Waals surface area (Å²) in [5, 5.41) is 3.03. The first-order valence-corrected chi connectivity index (χ1v) is 7.17. The Morgan fingerprint density at radius 2 is 2.14 bits per heavy atom. The van der Waals surface area contributed by atoms with E-state index in [4.69, 9.17) is 23.1 Å². The molecule has 7 heteroatoms. The van der Waals surface area contributed by atoms with E-state index in [1.165, 1.54) is 6.07 Å².